The molecule has 25 heavy (non-hydrogen) atoms. The van der Waals surface area contributed by atoms with Crippen molar-refractivity contribution < 1.29 is 31.1 Å². The summed E-state index contributed by atoms with van der Waals surface area (Å²) in [6, 6.07) is 0.991. The van der Waals surface area contributed by atoms with E-state index in [0.717, 1.165) is 6.92 Å². The van der Waals surface area contributed by atoms with Gasteiger partial charge in [0.05, 0.1) is 21.8 Å². The van der Waals surface area contributed by atoms with Crippen LogP contribution >= 0.6 is 23.2 Å². The summed E-state index contributed by atoms with van der Waals surface area (Å²) in [5.74, 6) is -1.67. The van der Waals surface area contributed by atoms with Crippen molar-refractivity contribution in [3.8, 4) is 5.69 Å². The number of alkyl halides is 6. The van der Waals surface area contributed by atoms with Gasteiger partial charge in [-0.25, -0.2) is 4.68 Å². The van der Waals surface area contributed by atoms with Crippen LogP contribution in [0.3, 0.4) is 0 Å². The van der Waals surface area contributed by atoms with Crippen LogP contribution in [0.15, 0.2) is 18.3 Å². The van der Waals surface area contributed by atoms with E-state index in [1.54, 1.807) is 0 Å². The standard InChI is InChI=1S/C13H7Cl2F6N3O/c1-5(25)23-11-7(13(19,20)21)4-22-24(11)10-8(14)2-6(3-9(10)15)12(16,17)18/h2-4H,1H3,(H,23,25). The predicted molar refractivity (Wildman–Crippen MR) is 77.9 cm³/mol. The Morgan fingerprint density at radius 2 is 1.60 bits per heavy atom. The van der Waals surface area contributed by atoms with E-state index in [1.165, 1.54) is 0 Å². The third-order valence-corrected chi connectivity index (χ3v) is 3.50. The van der Waals surface area contributed by atoms with Gasteiger partial charge in [0.2, 0.25) is 5.91 Å². The minimum atomic E-state index is -4.87. The average molecular weight is 406 g/mol. The van der Waals surface area contributed by atoms with Crippen molar-refractivity contribution in [3.05, 3.63) is 39.5 Å². The number of nitrogens with zero attached hydrogens (tertiary/aromatic N) is 2. The minimum absolute atomic E-state index is 0.398. The van der Waals surface area contributed by atoms with Crippen LogP contribution in [0.2, 0.25) is 10.0 Å². The number of amides is 1. The second-order valence-electron chi connectivity index (χ2n) is 4.78. The van der Waals surface area contributed by atoms with Crippen molar-refractivity contribution in [1.29, 1.82) is 0 Å². The largest absolute Gasteiger partial charge is 0.421 e. The lowest BCUT2D eigenvalue weighted by atomic mass is 10.2. The number of anilines is 1. The molecule has 4 nitrogen and oxygen atoms in total. The first-order chi connectivity index (χ1) is 11.3. The predicted octanol–water partition coefficient (Wildman–Crippen LogP) is 5.18. The fraction of sp³-hybridized carbons (Fsp3) is 0.231. The molecule has 0 atom stereocenters. The van der Waals surface area contributed by atoms with Gasteiger partial charge in [-0.2, -0.15) is 31.4 Å². The summed E-state index contributed by atoms with van der Waals surface area (Å²) in [5, 5.41) is 4.19. The summed E-state index contributed by atoms with van der Waals surface area (Å²) < 4.78 is 77.9. The molecule has 136 valence electrons. The highest BCUT2D eigenvalue weighted by atomic mass is 35.5. The van der Waals surface area contributed by atoms with Crippen molar-refractivity contribution >= 4 is 34.9 Å². The smallest absolute Gasteiger partial charge is 0.310 e. The summed E-state index contributed by atoms with van der Waals surface area (Å²) in [5.41, 5.74) is -2.93. The maximum Gasteiger partial charge on any atom is 0.421 e. The highest BCUT2D eigenvalue weighted by Gasteiger charge is 2.38. The van der Waals surface area contributed by atoms with Crippen LogP contribution in [-0.2, 0) is 17.1 Å². The molecule has 1 N–H and O–H groups in total. The van der Waals surface area contributed by atoms with Crippen LogP contribution in [-0.4, -0.2) is 15.7 Å². The molecule has 0 unspecified atom stereocenters. The molecule has 0 saturated heterocycles. The van der Waals surface area contributed by atoms with Gasteiger partial charge in [0.15, 0.2) is 0 Å². The van der Waals surface area contributed by atoms with Crippen LogP contribution in [0.25, 0.3) is 5.69 Å². The Balaban J connectivity index is 2.71. The van der Waals surface area contributed by atoms with Crippen molar-refractivity contribution in [2.75, 3.05) is 5.32 Å². The van der Waals surface area contributed by atoms with Gasteiger partial charge in [-0.15, -0.1) is 0 Å². The van der Waals surface area contributed by atoms with Crippen molar-refractivity contribution in [2.24, 2.45) is 0 Å². The van der Waals surface area contributed by atoms with Crippen molar-refractivity contribution in [1.82, 2.24) is 9.78 Å². The third-order valence-electron chi connectivity index (χ3n) is 2.93. The maximum atomic E-state index is 13.0. The molecule has 1 aromatic heterocycles. The molecule has 0 bridgehead atoms. The molecule has 2 rings (SSSR count). The third kappa shape index (κ3) is 4.01. The van der Waals surface area contributed by atoms with E-state index < -0.39 is 50.9 Å². The van der Waals surface area contributed by atoms with Gasteiger partial charge < -0.3 is 5.32 Å². The molecular weight excluding hydrogens is 399 g/mol. The summed E-state index contributed by atoms with van der Waals surface area (Å²) in [4.78, 5) is 11.2. The van der Waals surface area contributed by atoms with Crippen LogP contribution in [0, 0.1) is 0 Å². The number of carbonyl (C=O) groups excluding carboxylic acids is 1. The molecule has 0 saturated carbocycles. The molecule has 1 heterocycles. The van der Waals surface area contributed by atoms with E-state index in [2.05, 4.69) is 5.10 Å². The molecule has 0 aliphatic rings. The van der Waals surface area contributed by atoms with E-state index in [-0.39, 0.29) is 0 Å². The maximum absolute atomic E-state index is 13.0. The Kier molecular flexibility index (Phi) is 4.97. The summed E-state index contributed by atoms with van der Waals surface area (Å²) >= 11 is 11.5. The Bertz CT molecular complexity index is 805. The average Bonchev–Trinajstić information content (AvgIpc) is 2.79. The van der Waals surface area contributed by atoms with Crippen LogP contribution < -0.4 is 5.32 Å². The quantitative estimate of drug-likeness (QED) is 0.700. The number of carbonyl (C=O) groups is 1. The van der Waals surface area contributed by atoms with Gasteiger partial charge in [-0.3, -0.25) is 4.79 Å². The molecule has 1 aromatic carbocycles. The number of nitrogens with one attached hydrogen (secondary N) is 1. The monoisotopic (exact) mass is 405 g/mol. The SMILES string of the molecule is CC(=O)Nc1c(C(F)(F)F)cnn1-c1c(Cl)cc(C(F)(F)F)cc1Cl. The van der Waals surface area contributed by atoms with Gasteiger partial charge in [-0.1, -0.05) is 23.2 Å². The summed E-state index contributed by atoms with van der Waals surface area (Å²) in [6.45, 7) is 0.952. The van der Waals surface area contributed by atoms with E-state index in [1.807, 2.05) is 5.32 Å². The normalized spacial score (nSPS) is 12.4. The van der Waals surface area contributed by atoms with Gasteiger partial charge in [0, 0.05) is 6.92 Å². The molecule has 12 heteroatoms. The molecule has 1 amide bonds. The number of halogens is 8. The molecule has 2 aromatic rings. The summed E-state index contributed by atoms with van der Waals surface area (Å²) in [7, 11) is 0. The highest BCUT2D eigenvalue weighted by molar-refractivity contribution is 6.38. The minimum Gasteiger partial charge on any atom is -0.310 e. The van der Waals surface area contributed by atoms with Crippen LogP contribution in [0.1, 0.15) is 18.1 Å². The second kappa shape index (κ2) is 6.41. The number of benzene rings is 1. The zero-order valence-electron chi connectivity index (χ0n) is 12.1. The van der Waals surface area contributed by atoms with E-state index in [0.29, 0.717) is 23.0 Å². The van der Waals surface area contributed by atoms with Gasteiger partial charge in [-0.05, 0) is 12.1 Å². The number of hydrogen-bond donors (Lipinski definition) is 1. The van der Waals surface area contributed by atoms with E-state index in [4.69, 9.17) is 23.2 Å². The topological polar surface area (TPSA) is 46.9 Å². The molecule has 0 aliphatic carbocycles. The number of hydrogen-bond acceptors (Lipinski definition) is 2. The Morgan fingerprint density at radius 3 is 2.00 bits per heavy atom. The van der Waals surface area contributed by atoms with Gasteiger partial charge in [0.25, 0.3) is 0 Å². The fourth-order valence-corrected chi connectivity index (χ4v) is 2.59. The van der Waals surface area contributed by atoms with Crippen molar-refractivity contribution in [3.63, 3.8) is 0 Å². The molecule has 0 fully saturated rings. The number of rotatable bonds is 2. The zero-order chi connectivity index (χ0) is 19.2. The second-order valence-corrected chi connectivity index (χ2v) is 5.60. The lowest BCUT2D eigenvalue weighted by Gasteiger charge is -2.15. The molecule has 0 spiro atoms. The fourth-order valence-electron chi connectivity index (χ4n) is 1.94. The first kappa shape index (κ1) is 19.4. The highest BCUT2D eigenvalue weighted by Crippen LogP contribution is 2.41. The lowest BCUT2D eigenvalue weighted by molar-refractivity contribution is -0.138. The zero-order valence-corrected chi connectivity index (χ0v) is 13.6. The first-order valence-corrected chi connectivity index (χ1v) is 7.07. The van der Waals surface area contributed by atoms with E-state index >= 15 is 0 Å². The summed E-state index contributed by atoms with van der Waals surface area (Å²) in [6.07, 6.45) is -9.23. The molecule has 0 aliphatic heterocycles. The Hall–Kier alpha value is -1.94. The van der Waals surface area contributed by atoms with Crippen molar-refractivity contribution in [2.45, 2.75) is 19.3 Å². The lowest BCUT2D eigenvalue weighted by Crippen LogP contribution is -2.16. The Morgan fingerprint density at radius 1 is 1.08 bits per heavy atom. The Labute approximate surface area is 146 Å². The van der Waals surface area contributed by atoms with E-state index in [9.17, 15) is 31.1 Å². The molecular formula is C13H7Cl2F6N3O. The number of aromatic nitrogens is 2. The first-order valence-electron chi connectivity index (χ1n) is 6.31. The van der Waals surface area contributed by atoms with Gasteiger partial charge in [0.1, 0.15) is 17.1 Å². The van der Waals surface area contributed by atoms with Crippen LogP contribution in [0.4, 0.5) is 32.2 Å². The van der Waals surface area contributed by atoms with Crippen LogP contribution in [0.5, 0.6) is 0 Å². The molecule has 0 radical (unpaired) electrons. The van der Waals surface area contributed by atoms with Gasteiger partial charge >= 0.3 is 12.4 Å².